The van der Waals surface area contributed by atoms with Crippen LogP contribution in [0.2, 0.25) is 0 Å². The van der Waals surface area contributed by atoms with E-state index in [2.05, 4.69) is 140 Å². The van der Waals surface area contributed by atoms with Gasteiger partial charge < -0.3 is 10.2 Å². The first-order valence-corrected chi connectivity index (χ1v) is 21.6. The lowest BCUT2D eigenvalue weighted by Crippen LogP contribution is -2.27. The first-order chi connectivity index (χ1) is 25.3. The minimum Gasteiger partial charge on any atom is -0.508 e. The summed E-state index contributed by atoms with van der Waals surface area (Å²) >= 11 is 0. The fourth-order valence-electron chi connectivity index (χ4n) is 9.84. The second kappa shape index (κ2) is 13.6. The Hall–Kier alpha value is -4.22. The number of aryl methyl sites for hydroxylation is 8. The van der Waals surface area contributed by atoms with Gasteiger partial charge in [-0.1, -0.05) is 117 Å². The van der Waals surface area contributed by atoms with Gasteiger partial charge in [0.05, 0.1) is 0 Å². The minimum absolute atomic E-state index is 0.362. The largest absolute Gasteiger partial charge is 0.508 e. The Kier molecular flexibility index (Phi) is 9.16. The number of fused-ring (bicyclic) bond motifs is 4. The zero-order chi connectivity index (χ0) is 37.3. The maximum absolute atomic E-state index is 12.0. The van der Waals surface area contributed by atoms with Gasteiger partial charge in [-0.15, -0.1) is 0 Å². The zero-order valence-corrected chi connectivity index (χ0v) is 34.1. The lowest BCUT2D eigenvalue weighted by Gasteiger charge is -2.30. The molecule has 0 saturated carbocycles. The fourth-order valence-corrected chi connectivity index (χ4v) is 15.6. The summed E-state index contributed by atoms with van der Waals surface area (Å²) in [5, 5.41) is 32.0. The molecule has 0 saturated heterocycles. The second-order valence-corrected chi connectivity index (χ2v) is 20.4. The maximum atomic E-state index is 12.0. The molecule has 6 aromatic carbocycles. The molecule has 268 valence electrons. The van der Waals surface area contributed by atoms with E-state index < -0.39 is 21.3 Å². The summed E-state index contributed by atoms with van der Waals surface area (Å²) in [5.74, 6) is 0.723. The van der Waals surface area contributed by atoms with Crippen LogP contribution in [0.15, 0.2) is 97.1 Å². The Bertz CT molecular complexity index is 2090. The topological polar surface area (TPSA) is 40.5 Å². The molecule has 2 aliphatic rings. The van der Waals surface area contributed by atoms with Crippen LogP contribution in [0.1, 0.15) is 79.6 Å². The van der Waals surface area contributed by atoms with Gasteiger partial charge in [-0.3, -0.25) is 0 Å². The van der Waals surface area contributed by atoms with Crippen LogP contribution < -0.4 is 31.8 Å². The highest BCUT2D eigenvalue weighted by atomic mass is 31.1. The van der Waals surface area contributed by atoms with Crippen molar-refractivity contribution >= 4 is 47.7 Å². The molecule has 4 heteroatoms. The Balaban J connectivity index is 1.35. The predicted molar refractivity (Wildman–Crippen MR) is 229 cm³/mol. The average Bonchev–Trinajstić information content (AvgIpc) is 3.65. The predicted octanol–water partition coefficient (Wildman–Crippen LogP) is 9.26. The van der Waals surface area contributed by atoms with Crippen LogP contribution >= 0.6 is 15.8 Å². The molecule has 0 fully saturated rings. The van der Waals surface area contributed by atoms with Crippen molar-refractivity contribution in [3.8, 4) is 11.5 Å². The molecular formula is C49H50O2P2. The van der Waals surface area contributed by atoms with E-state index >= 15 is 0 Å². The molecule has 0 aliphatic heterocycles. The summed E-state index contributed by atoms with van der Waals surface area (Å²) in [5.41, 5.74) is 14.4. The standard InChI is InChI=1S/C49H50O2P2/c1-29-17-30(2)22-37(21-29)52(38-23-31(3)18-32(4)24-38)45-11-9-43(50)47-41(45)13-15-49(47)16-14-42-46(12-10-44(51)48(42)49)53(39-25-33(5)19-34(6)26-39)40-27-35(7)20-36(8)28-40/h9-12,17-28,50-51H,13-16H2,1-8H3. The van der Waals surface area contributed by atoms with Crippen LogP contribution in [0.4, 0.5) is 0 Å². The molecule has 2 nitrogen and oxygen atoms in total. The van der Waals surface area contributed by atoms with Gasteiger partial charge in [-0.05, 0) is 164 Å². The number of aromatic hydroxyl groups is 2. The third kappa shape index (κ3) is 6.33. The van der Waals surface area contributed by atoms with E-state index in [4.69, 9.17) is 0 Å². The van der Waals surface area contributed by atoms with Crippen molar-refractivity contribution < 1.29 is 10.2 Å². The molecule has 0 aromatic heterocycles. The number of phenolic OH excluding ortho intramolecular Hbond substituents is 2. The summed E-state index contributed by atoms with van der Waals surface area (Å²) in [4.78, 5) is 0. The molecule has 53 heavy (non-hydrogen) atoms. The van der Waals surface area contributed by atoms with Crippen molar-refractivity contribution in [2.75, 3.05) is 0 Å². The Morgan fingerprint density at radius 1 is 0.396 bits per heavy atom. The second-order valence-electron chi connectivity index (χ2n) is 16.1. The van der Waals surface area contributed by atoms with Crippen molar-refractivity contribution in [3.63, 3.8) is 0 Å². The summed E-state index contributed by atoms with van der Waals surface area (Å²) < 4.78 is 0. The molecule has 0 heterocycles. The number of hydrogen-bond donors (Lipinski definition) is 2. The first kappa shape index (κ1) is 35.8. The van der Waals surface area contributed by atoms with Crippen LogP contribution in [-0.4, -0.2) is 10.2 Å². The van der Waals surface area contributed by atoms with Gasteiger partial charge in [-0.2, -0.15) is 0 Å². The number of rotatable bonds is 6. The van der Waals surface area contributed by atoms with E-state index in [0.717, 1.165) is 36.8 Å². The first-order valence-electron chi connectivity index (χ1n) is 19.0. The van der Waals surface area contributed by atoms with Gasteiger partial charge in [0.15, 0.2) is 0 Å². The molecule has 1 spiro atoms. The maximum Gasteiger partial charge on any atom is 0.119 e. The molecule has 0 amide bonds. The summed E-state index contributed by atoms with van der Waals surface area (Å²) in [7, 11) is -1.78. The Morgan fingerprint density at radius 2 is 0.660 bits per heavy atom. The highest BCUT2D eigenvalue weighted by molar-refractivity contribution is 7.80. The summed E-state index contributed by atoms with van der Waals surface area (Å²) in [6.07, 6.45) is 3.51. The van der Waals surface area contributed by atoms with Gasteiger partial charge in [-0.25, -0.2) is 0 Å². The molecule has 2 N–H and O–H groups in total. The van der Waals surface area contributed by atoms with E-state index in [-0.39, 0.29) is 0 Å². The van der Waals surface area contributed by atoms with E-state index in [0.29, 0.717) is 11.5 Å². The molecular weight excluding hydrogens is 682 g/mol. The lowest BCUT2D eigenvalue weighted by molar-refractivity contribution is 0.416. The monoisotopic (exact) mass is 732 g/mol. The van der Waals surface area contributed by atoms with Crippen LogP contribution in [0, 0.1) is 55.4 Å². The van der Waals surface area contributed by atoms with Crippen molar-refractivity contribution in [1.82, 2.24) is 0 Å². The Labute approximate surface area is 318 Å². The molecule has 0 radical (unpaired) electrons. The van der Waals surface area contributed by atoms with Crippen molar-refractivity contribution in [2.24, 2.45) is 0 Å². The molecule has 2 aliphatic carbocycles. The average molecular weight is 733 g/mol. The van der Waals surface area contributed by atoms with Crippen LogP contribution in [0.5, 0.6) is 11.5 Å². The van der Waals surface area contributed by atoms with E-state index in [1.807, 2.05) is 12.1 Å². The zero-order valence-electron chi connectivity index (χ0n) is 32.4. The smallest absolute Gasteiger partial charge is 0.119 e. The Morgan fingerprint density at radius 3 is 0.925 bits per heavy atom. The van der Waals surface area contributed by atoms with Gasteiger partial charge in [0.2, 0.25) is 0 Å². The summed E-state index contributed by atoms with van der Waals surface area (Å²) in [6.45, 7) is 17.6. The van der Waals surface area contributed by atoms with E-state index in [1.54, 1.807) is 0 Å². The fraction of sp³-hybridized carbons (Fsp3) is 0.265. The number of phenols is 2. The minimum atomic E-state index is -0.892. The molecule has 0 atom stereocenters. The number of hydrogen-bond acceptors (Lipinski definition) is 2. The SMILES string of the molecule is Cc1cc(C)cc(P(c2cc(C)cc(C)c2)c2ccc(O)c3c2CCC32CCc3c(P(c4cc(C)cc(C)c4)c4cc(C)cc(C)c4)ccc(O)c32)c1. The van der Waals surface area contributed by atoms with Crippen LogP contribution in [0.25, 0.3) is 0 Å². The van der Waals surface area contributed by atoms with Crippen LogP contribution in [-0.2, 0) is 18.3 Å². The quantitative estimate of drug-likeness (QED) is 0.168. The van der Waals surface area contributed by atoms with Crippen LogP contribution in [0.3, 0.4) is 0 Å². The highest BCUT2D eigenvalue weighted by Gasteiger charge is 2.50. The van der Waals surface area contributed by atoms with Gasteiger partial charge in [0.25, 0.3) is 0 Å². The molecule has 6 aromatic rings. The highest BCUT2D eigenvalue weighted by Crippen LogP contribution is 2.59. The molecule has 0 bridgehead atoms. The molecule has 8 rings (SSSR count). The van der Waals surface area contributed by atoms with Crippen molar-refractivity contribution in [3.05, 3.63) is 164 Å². The lowest BCUT2D eigenvalue weighted by atomic mass is 9.76. The van der Waals surface area contributed by atoms with E-state index in [1.165, 1.54) is 87.5 Å². The van der Waals surface area contributed by atoms with Crippen molar-refractivity contribution in [2.45, 2.75) is 86.5 Å². The third-order valence-corrected chi connectivity index (χ3v) is 16.3. The van der Waals surface area contributed by atoms with E-state index in [9.17, 15) is 10.2 Å². The molecule has 0 unspecified atom stereocenters. The van der Waals surface area contributed by atoms with Gasteiger partial charge in [0, 0.05) is 16.5 Å². The summed E-state index contributed by atoms with van der Waals surface area (Å²) in [6, 6.07) is 36.3. The van der Waals surface area contributed by atoms with Gasteiger partial charge >= 0.3 is 0 Å². The van der Waals surface area contributed by atoms with Gasteiger partial charge in [0.1, 0.15) is 11.5 Å². The van der Waals surface area contributed by atoms with Crippen molar-refractivity contribution in [1.29, 1.82) is 0 Å². The number of benzene rings is 6. The third-order valence-electron chi connectivity index (χ3n) is 11.4. The normalized spacial score (nSPS) is 14.4.